The van der Waals surface area contributed by atoms with Crippen molar-refractivity contribution in [2.75, 3.05) is 6.61 Å². The lowest BCUT2D eigenvalue weighted by molar-refractivity contribution is -0.0963. The van der Waals surface area contributed by atoms with E-state index in [1.165, 1.54) is 0 Å². The normalized spacial score (nSPS) is 14.3. The highest BCUT2D eigenvalue weighted by Crippen LogP contribution is 2.35. The molecule has 0 N–H and O–H groups in total. The Hall–Kier alpha value is -2.14. The van der Waals surface area contributed by atoms with E-state index in [0.29, 0.717) is 6.61 Å². The van der Waals surface area contributed by atoms with E-state index < -0.39 is 5.72 Å². The molecule has 0 fully saturated rings. The van der Waals surface area contributed by atoms with Crippen LogP contribution in [0, 0.1) is 0 Å². The highest BCUT2D eigenvalue weighted by Gasteiger charge is 2.39. The number of rotatable bonds is 7. The molecule has 116 valence electrons. The quantitative estimate of drug-likeness (QED) is 0.663. The van der Waals surface area contributed by atoms with Gasteiger partial charge in [-0.15, -0.1) is 5.10 Å². The number of aromatic nitrogens is 3. The molecule has 22 heavy (non-hydrogen) atoms. The number of hydrogen-bond acceptors (Lipinski definition) is 4. The summed E-state index contributed by atoms with van der Waals surface area (Å²) in [7, 11) is 0. The number of unbranched alkanes of at least 4 members (excludes halogenated alkanes) is 1. The molecule has 2 aromatic heterocycles. The van der Waals surface area contributed by atoms with Crippen molar-refractivity contribution in [2.24, 2.45) is 0 Å². The largest absolute Gasteiger partial charge is 0.464 e. The van der Waals surface area contributed by atoms with Crippen molar-refractivity contribution < 1.29 is 9.15 Å². The molecule has 0 aliphatic carbocycles. The Balaban J connectivity index is 2.19. The summed E-state index contributed by atoms with van der Waals surface area (Å²) in [6.45, 7) is 4.72. The first-order valence-electron chi connectivity index (χ1n) is 7.80. The molecular formula is C17H21N3O2. The first kappa shape index (κ1) is 14.8. The number of para-hydroxylation sites is 1. The smallest absolute Gasteiger partial charge is 0.221 e. The Morgan fingerprint density at radius 1 is 1.18 bits per heavy atom. The predicted molar refractivity (Wildman–Crippen MR) is 84.5 cm³/mol. The van der Waals surface area contributed by atoms with E-state index >= 15 is 0 Å². The van der Waals surface area contributed by atoms with E-state index in [2.05, 4.69) is 17.2 Å². The monoisotopic (exact) mass is 299 g/mol. The molecule has 2 heterocycles. The van der Waals surface area contributed by atoms with Crippen molar-refractivity contribution in [3.8, 4) is 0 Å². The molecule has 3 rings (SSSR count). The van der Waals surface area contributed by atoms with Crippen molar-refractivity contribution in [1.82, 2.24) is 15.0 Å². The second kappa shape index (κ2) is 6.32. The predicted octanol–water partition coefficient (Wildman–Crippen LogP) is 3.95. The van der Waals surface area contributed by atoms with E-state index in [4.69, 9.17) is 9.15 Å². The van der Waals surface area contributed by atoms with Gasteiger partial charge in [-0.25, -0.2) is 4.68 Å². The molecule has 5 nitrogen and oxygen atoms in total. The fourth-order valence-electron chi connectivity index (χ4n) is 2.83. The first-order valence-corrected chi connectivity index (χ1v) is 7.80. The van der Waals surface area contributed by atoms with Gasteiger partial charge in [0.15, 0.2) is 5.76 Å². The van der Waals surface area contributed by atoms with Crippen LogP contribution in [0.1, 0.15) is 38.9 Å². The van der Waals surface area contributed by atoms with Gasteiger partial charge < -0.3 is 9.15 Å². The fourth-order valence-corrected chi connectivity index (χ4v) is 2.83. The van der Waals surface area contributed by atoms with Crippen molar-refractivity contribution in [2.45, 2.75) is 38.8 Å². The van der Waals surface area contributed by atoms with Gasteiger partial charge in [-0.3, -0.25) is 0 Å². The minimum atomic E-state index is -0.746. The van der Waals surface area contributed by atoms with Gasteiger partial charge in [0, 0.05) is 13.0 Å². The molecule has 0 saturated heterocycles. The molecule has 0 saturated carbocycles. The average molecular weight is 299 g/mol. The fraction of sp³-hybridized carbons (Fsp3) is 0.412. The molecule has 1 aromatic carbocycles. The zero-order chi connectivity index (χ0) is 15.4. The maximum atomic E-state index is 6.20. The van der Waals surface area contributed by atoms with Crippen LogP contribution in [0.15, 0.2) is 47.1 Å². The minimum absolute atomic E-state index is 0.568. The Morgan fingerprint density at radius 3 is 2.77 bits per heavy atom. The molecule has 1 unspecified atom stereocenters. The molecule has 5 heteroatoms. The zero-order valence-electron chi connectivity index (χ0n) is 13.0. The Labute approximate surface area is 129 Å². The first-order chi connectivity index (χ1) is 10.8. The Bertz CT molecular complexity index is 720. The third-order valence-corrected chi connectivity index (χ3v) is 3.85. The van der Waals surface area contributed by atoms with Crippen LogP contribution in [0.25, 0.3) is 11.0 Å². The van der Waals surface area contributed by atoms with Gasteiger partial charge in [-0.2, -0.15) is 0 Å². The molecule has 0 spiro atoms. The summed E-state index contributed by atoms with van der Waals surface area (Å²) in [5.74, 6) is 0.762. The summed E-state index contributed by atoms with van der Waals surface area (Å²) < 4.78 is 13.8. The van der Waals surface area contributed by atoms with Crippen molar-refractivity contribution >= 4 is 11.0 Å². The second-order valence-corrected chi connectivity index (χ2v) is 5.29. The van der Waals surface area contributed by atoms with Crippen LogP contribution >= 0.6 is 0 Å². The summed E-state index contributed by atoms with van der Waals surface area (Å²) in [5, 5.41) is 8.65. The molecule has 0 radical (unpaired) electrons. The molecule has 0 bridgehead atoms. The third-order valence-electron chi connectivity index (χ3n) is 3.85. The zero-order valence-corrected chi connectivity index (χ0v) is 13.0. The lowest BCUT2D eigenvalue weighted by atomic mass is 10.0. The SMILES string of the molecule is CCCCC(OCC)(c1ccco1)n1nnc2ccccc21. The van der Waals surface area contributed by atoms with E-state index in [-0.39, 0.29) is 0 Å². The highest BCUT2D eigenvalue weighted by molar-refractivity contribution is 5.74. The van der Waals surface area contributed by atoms with E-state index in [1.807, 2.05) is 48.0 Å². The summed E-state index contributed by atoms with van der Waals surface area (Å²) >= 11 is 0. The second-order valence-electron chi connectivity index (χ2n) is 5.29. The Kier molecular flexibility index (Phi) is 4.24. The van der Waals surface area contributed by atoms with Crippen molar-refractivity contribution in [1.29, 1.82) is 0 Å². The van der Waals surface area contributed by atoms with Gasteiger partial charge >= 0.3 is 0 Å². The summed E-state index contributed by atoms with van der Waals surface area (Å²) in [6, 6.07) is 11.7. The minimum Gasteiger partial charge on any atom is -0.464 e. The maximum Gasteiger partial charge on any atom is 0.221 e. The van der Waals surface area contributed by atoms with Gasteiger partial charge in [0.2, 0.25) is 5.72 Å². The van der Waals surface area contributed by atoms with Gasteiger partial charge in [0.25, 0.3) is 0 Å². The molecule has 1 atom stereocenters. The highest BCUT2D eigenvalue weighted by atomic mass is 16.5. The summed E-state index contributed by atoms with van der Waals surface area (Å²) in [5.41, 5.74) is 1.06. The van der Waals surface area contributed by atoms with Crippen LogP contribution in [0.4, 0.5) is 0 Å². The number of benzene rings is 1. The lowest BCUT2D eigenvalue weighted by Gasteiger charge is -2.32. The Morgan fingerprint density at radius 2 is 2.05 bits per heavy atom. The third kappa shape index (κ3) is 2.41. The number of fused-ring (bicyclic) bond motifs is 1. The van der Waals surface area contributed by atoms with Crippen LogP contribution in [0.2, 0.25) is 0 Å². The van der Waals surface area contributed by atoms with Crippen molar-refractivity contribution in [3.63, 3.8) is 0 Å². The number of nitrogens with zero attached hydrogens (tertiary/aromatic N) is 3. The average Bonchev–Trinajstić information content (AvgIpc) is 3.21. The van der Waals surface area contributed by atoms with E-state index in [1.54, 1.807) is 6.26 Å². The number of furan rings is 1. The van der Waals surface area contributed by atoms with E-state index in [9.17, 15) is 0 Å². The lowest BCUT2D eigenvalue weighted by Crippen LogP contribution is -2.38. The molecule has 0 amide bonds. The van der Waals surface area contributed by atoms with Crippen LogP contribution in [0.3, 0.4) is 0 Å². The molecular weight excluding hydrogens is 278 g/mol. The standard InChI is InChI=1S/C17H21N3O2/c1-3-5-12-17(22-4-2,16-11-8-13-21-16)20-15-10-7-6-9-14(15)18-19-20/h6-11,13H,3-5,12H2,1-2H3. The van der Waals surface area contributed by atoms with E-state index in [0.717, 1.165) is 36.1 Å². The molecule has 0 aliphatic heterocycles. The van der Waals surface area contributed by atoms with Crippen LogP contribution < -0.4 is 0 Å². The van der Waals surface area contributed by atoms with Crippen LogP contribution in [-0.4, -0.2) is 21.6 Å². The summed E-state index contributed by atoms with van der Waals surface area (Å²) in [4.78, 5) is 0. The number of hydrogen-bond donors (Lipinski definition) is 0. The molecule has 3 aromatic rings. The van der Waals surface area contributed by atoms with Gasteiger partial charge in [-0.1, -0.05) is 30.7 Å². The van der Waals surface area contributed by atoms with Gasteiger partial charge in [-0.05, 0) is 37.6 Å². The van der Waals surface area contributed by atoms with Gasteiger partial charge in [0.1, 0.15) is 5.52 Å². The van der Waals surface area contributed by atoms with Crippen LogP contribution in [-0.2, 0) is 10.5 Å². The van der Waals surface area contributed by atoms with Crippen molar-refractivity contribution in [3.05, 3.63) is 48.4 Å². The number of ether oxygens (including phenoxy) is 1. The topological polar surface area (TPSA) is 53.1 Å². The molecule has 0 aliphatic rings. The summed E-state index contributed by atoms with van der Waals surface area (Å²) in [6.07, 6.45) is 4.55. The van der Waals surface area contributed by atoms with Gasteiger partial charge in [0.05, 0.1) is 11.8 Å². The maximum absolute atomic E-state index is 6.20. The van der Waals surface area contributed by atoms with Crippen LogP contribution in [0.5, 0.6) is 0 Å².